The van der Waals surface area contributed by atoms with Crippen LogP contribution < -0.4 is 0 Å². The van der Waals surface area contributed by atoms with Crippen molar-refractivity contribution in [3.05, 3.63) is 71.1 Å². The Labute approximate surface area is 95.5 Å². The second-order valence-electron chi connectivity index (χ2n) is 4.10. The third kappa shape index (κ3) is 1.65. The van der Waals surface area contributed by atoms with Crippen LogP contribution in [0.2, 0.25) is 0 Å². The lowest BCUT2D eigenvalue weighted by Crippen LogP contribution is -1.86. The number of rotatable bonds is 0. The molecule has 1 heterocycles. The quantitative estimate of drug-likeness (QED) is 0.634. The van der Waals surface area contributed by atoms with Gasteiger partial charge in [0.05, 0.1) is 0 Å². The van der Waals surface area contributed by atoms with E-state index in [2.05, 4.69) is 47.5 Å². The monoisotopic (exact) mass is 207 g/mol. The zero-order valence-corrected chi connectivity index (χ0v) is 9.06. The van der Waals surface area contributed by atoms with Gasteiger partial charge in [-0.3, -0.25) is 4.98 Å². The third-order valence-electron chi connectivity index (χ3n) is 3.06. The molecule has 0 bridgehead atoms. The van der Waals surface area contributed by atoms with Crippen LogP contribution in [-0.2, 0) is 6.42 Å². The lowest BCUT2D eigenvalue weighted by Gasteiger charge is -2.02. The van der Waals surface area contributed by atoms with Gasteiger partial charge in [-0.15, -0.1) is 0 Å². The minimum atomic E-state index is 1.01. The maximum Gasteiger partial charge on any atom is 0.0343 e. The van der Waals surface area contributed by atoms with Crippen molar-refractivity contribution in [1.82, 2.24) is 4.98 Å². The Morgan fingerprint density at radius 1 is 1.12 bits per heavy atom. The second-order valence-corrected chi connectivity index (χ2v) is 4.10. The largest absolute Gasteiger partial charge is 0.264 e. The minimum Gasteiger partial charge on any atom is -0.264 e. The molecular weight excluding hydrogens is 194 g/mol. The topological polar surface area (TPSA) is 12.9 Å². The molecule has 1 nitrogen and oxygen atoms in total. The Hall–Kier alpha value is -1.89. The molecule has 1 aromatic rings. The van der Waals surface area contributed by atoms with E-state index >= 15 is 0 Å². The summed E-state index contributed by atoms with van der Waals surface area (Å²) < 4.78 is 0. The predicted octanol–water partition coefficient (Wildman–Crippen LogP) is 3.46. The third-order valence-corrected chi connectivity index (χ3v) is 3.06. The van der Waals surface area contributed by atoms with Gasteiger partial charge in [-0.25, -0.2) is 0 Å². The van der Waals surface area contributed by atoms with Crippen molar-refractivity contribution in [1.29, 1.82) is 0 Å². The summed E-state index contributed by atoms with van der Waals surface area (Å²) in [6.07, 6.45) is 19.0. The minimum absolute atomic E-state index is 1.01. The average Bonchev–Trinajstić information content (AvgIpc) is 2.61. The molecule has 0 amide bonds. The van der Waals surface area contributed by atoms with E-state index in [0.717, 1.165) is 12.8 Å². The summed E-state index contributed by atoms with van der Waals surface area (Å²) in [6.45, 7) is 0. The lowest BCUT2D eigenvalue weighted by molar-refractivity contribution is 1.17. The zero-order chi connectivity index (χ0) is 10.8. The molecule has 0 radical (unpaired) electrons. The highest BCUT2D eigenvalue weighted by atomic mass is 14.6. The van der Waals surface area contributed by atoms with E-state index in [-0.39, 0.29) is 0 Å². The van der Waals surface area contributed by atoms with Crippen LogP contribution in [0.25, 0.3) is 6.08 Å². The van der Waals surface area contributed by atoms with Crippen molar-refractivity contribution in [2.75, 3.05) is 0 Å². The van der Waals surface area contributed by atoms with Crippen molar-refractivity contribution >= 4 is 6.08 Å². The smallest absolute Gasteiger partial charge is 0.0343 e. The number of hydrogen-bond donors (Lipinski definition) is 0. The Bertz CT molecular complexity index is 530. The second kappa shape index (κ2) is 3.93. The van der Waals surface area contributed by atoms with Crippen LogP contribution in [0, 0.1) is 0 Å². The van der Waals surface area contributed by atoms with Gasteiger partial charge >= 0.3 is 0 Å². The summed E-state index contributed by atoms with van der Waals surface area (Å²) in [6, 6.07) is 2.11. The number of pyridine rings is 1. The SMILES string of the molecule is C1=CCC2=CCc3ccncc3C=C2C=C1. The molecule has 0 saturated carbocycles. The van der Waals surface area contributed by atoms with E-state index in [1.54, 1.807) is 0 Å². The summed E-state index contributed by atoms with van der Waals surface area (Å²) in [7, 11) is 0. The van der Waals surface area contributed by atoms with Gasteiger partial charge in [0.15, 0.2) is 0 Å². The predicted molar refractivity (Wildman–Crippen MR) is 66.9 cm³/mol. The first-order valence-electron chi connectivity index (χ1n) is 5.61. The average molecular weight is 207 g/mol. The van der Waals surface area contributed by atoms with Gasteiger partial charge in [0, 0.05) is 12.4 Å². The molecule has 2 aliphatic rings. The van der Waals surface area contributed by atoms with Gasteiger partial charge in [-0.05, 0) is 47.3 Å². The van der Waals surface area contributed by atoms with Crippen LogP contribution >= 0.6 is 0 Å². The molecule has 0 atom stereocenters. The van der Waals surface area contributed by atoms with Crippen LogP contribution in [0.15, 0.2) is 60.0 Å². The number of nitrogens with zero attached hydrogens (tertiary/aromatic N) is 1. The number of hydrogen-bond acceptors (Lipinski definition) is 1. The van der Waals surface area contributed by atoms with Crippen LogP contribution in [0.3, 0.4) is 0 Å². The maximum absolute atomic E-state index is 4.19. The van der Waals surface area contributed by atoms with Gasteiger partial charge in [0.25, 0.3) is 0 Å². The standard InChI is InChI=1S/C15H13N/c1-2-4-12-6-7-13-8-9-16-11-15(13)10-14(12)5-3-1/h1-3,5-6,8-11H,4,7H2. The molecule has 3 rings (SSSR count). The highest BCUT2D eigenvalue weighted by Gasteiger charge is 2.09. The van der Waals surface area contributed by atoms with Crippen molar-refractivity contribution < 1.29 is 0 Å². The normalized spacial score (nSPS) is 17.8. The molecule has 0 fully saturated rings. The molecule has 0 aliphatic heterocycles. The first kappa shape index (κ1) is 9.34. The van der Waals surface area contributed by atoms with Gasteiger partial charge in [0.1, 0.15) is 0 Å². The fraction of sp³-hybridized carbons (Fsp3) is 0.133. The van der Waals surface area contributed by atoms with Crippen molar-refractivity contribution in [3.63, 3.8) is 0 Å². The van der Waals surface area contributed by atoms with Crippen molar-refractivity contribution in [2.45, 2.75) is 12.8 Å². The van der Waals surface area contributed by atoms with Crippen molar-refractivity contribution in [2.24, 2.45) is 0 Å². The van der Waals surface area contributed by atoms with E-state index in [1.165, 1.54) is 22.3 Å². The summed E-state index contributed by atoms with van der Waals surface area (Å²) in [5, 5.41) is 0. The van der Waals surface area contributed by atoms with Crippen LogP contribution in [-0.4, -0.2) is 4.98 Å². The van der Waals surface area contributed by atoms with E-state index in [4.69, 9.17) is 0 Å². The van der Waals surface area contributed by atoms with Crippen molar-refractivity contribution in [3.8, 4) is 0 Å². The highest BCUT2D eigenvalue weighted by Crippen LogP contribution is 2.27. The zero-order valence-electron chi connectivity index (χ0n) is 9.06. The van der Waals surface area contributed by atoms with Gasteiger partial charge < -0.3 is 0 Å². The van der Waals surface area contributed by atoms with Gasteiger partial charge in [-0.2, -0.15) is 0 Å². The summed E-state index contributed by atoms with van der Waals surface area (Å²) >= 11 is 0. The Morgan fingerprint density at radius 2 is 2.12 bits per heavy atom. The Morgan fingerprint density at radius 3 is 3.12 bits per heavy atom. The maximum atomic E-state index is 4.19. The molecule has 0 spiro atoms. The highest BCUT2D eigenvalue weighted by molar-refractivity contribution is 5.67. The fourth-order valence-electron chi connectivity index (χ4n) is 2.15. The van der Waals surface area contributed by atoms with Crippen LogP contribution in [0.1, 0.15) is 17.5 Å². The van der Waals surface area contributed by atoms with Gasteiger partial charge in [-0.1, -0.05) is 30.4 Å². The van der Waals surface area contributed by atoms with E-state index in [9.17, 15) is 0 Å². The molecule has 0 aromatic carbocycles. The molecule has 1 heteroatoms. The molecule has 0 N–H and O–H groups in total. The van der Waals surface area contributed by atoms with E-state index < -0.39 is 0 Å². The first-order chi connectivity index (χ1) is 7.93. The molecular formula is C15H13N. The van der Waals surface area contributed by atoms with Crippen LogP contribution in [0.5, 0.6) is 0 Å². The summed E-state index contributed by atoms with van der Waals surface area (Å²) in [5.74, 6) is 0. The summed E-state index contributed by atoms with van der Waals surface area (Å²) in [4.78, 5) is 4.19. The molecule has 78 valence electrons. The van der Waals surface area contributed by atoms with Crippen LogP contribution in [0.4, 0.5) is 0 Å². The Balaban J connectivity index is 2.13. The molecule has 16 heavy (non-hydrogen) atoms. The van der Waals surface area contributed by atoms with E-state index in [1.807, 2.05) is 12.4 Å². The fourth-order valence-corrected chi connectivity index (χ4v) is 2.15. The number of fused-ring (bicyclic) bond motifs is 2. The summed E-state index contributed by atoms with van der Waals surface area (Å²) in [5.41, 5.74) is 5.34. The number of allylic oxidation sites excluding steroid dienone is 7. The molecule has 0 unspecified atom stereocenters. The molecule has 0 saturated heterocycles. The lowest BCUT2D eigenvalue weighted by atomic mass is 10.0. The van der Waals surface area contributed by atoms with E-state index in [0.29, 0.717) is 0 Å². The number of aromatic nitrogens is 1. The van der Waals surface area contributed by atoms with Gasteiger partial charge in [0.2, 0.25) is 0 Å². The molecule has 1 aromatic heterocycles. The molecule has 2 aliphatic carbocycles. The first-order valence-corrected chi connectivity index (χ1v) is 5.61. The Kier molecular flexibility index (Phi) is 2.30.